The zero-order valence-corrected chi connectivity index (χ0v) is 10.6. The predicted octanol–water partition coefficient (Wildman–Crippen LogP) is 3.03. The number of hydrogen-bond donors (Lipinski definition) is 1. The number of hydrogen-bond acceptors (Lipinski definition) is 2. The molecule has 1 fully saturated rings. The van der Waals surface area contributed by atoms with E-state index in [0.717, 1.165) is 18.9 Å². The minimum Gasteiger partial charge on any atom is -0.365 e. The molecule has 0 spiro atoms. The number of nitrogens with zero attached hydrogens (tertiary/aromatic N) is 1. The highest BCUT2D eigenvalue weighted by Crippen LogP contribution is 2.34. The number of rotatable bonds is 3. The monoisotopic (exact) mass is 276 g/mol. The van der Waals surface area contributed by atoms with Crippen molar-refractivity contribution >= 4 is 5.69 Å². The van der Waals surface area contributed by atoms with Crippen LogP contribution >= 0.6 is 0 Å². The average Bonchev–Trinajstić information content (AvgIpc) is 2.76. The third-order valence-corrected chi connectivity index (χ3v) is 3.40. The van der Waals surface area contributed by atoms with E-state index < -0.39 is 17.6 Å². The van der Waals surface area contributed by atoms with Crippen molar-refractivity contribution < 1.29 is 17.6 Å². The molecule has 1 atom stereocenters. The van der Waals surface area contributed by atoms with Crippen molar-refractivity contribution in [1.82, 2.24) is 5.32 Å². The molecule has 0 aliphatic carbocycles. The van der Waals surface area contributed by atoms with Gasteiger partial charge in [0.2, 0.25) is 0 Å². The van der Waals surface area contributed by atoms with Crippen LogP contribution in [0.3, 0.4) is 0 Å². The maximum Gasteiger partial charge on any atom is 0.416 e. The molecular formula is C13H16F4N2. The van der Waals surface area contributed by atoms with Crippen molar-refractivity contribution in [3.63, 3.8) is 0 Å². The summed E-state index contributed by atoms with van der Waals surface area (Å²) in [5, 5.41) is 3.02. The highest BCUT2D eigenvalue weighted by atomic mass is 19.4. The van der Waals surface area contributed by atoms with Crippen molar-refractivity contribution in [3.8, 4) is 0 Å². The third kappa shape index (κ3) is 3.00. The molecule has 1 N–H and O–H groups in total. The van der Waals surface area contributed by atoms with Gasteiger partial charge in [-0.05, 0) is 38.1 Å². The van der Waals surface area contributed by atoms with Crippen LogP contribution in [0.2, 0.25) is 0 Å². The first-order chi connectivity index (χ1) is 8.93. The van der Waals surface area contributed by atoms with E-state index in [4.69, 9.17) is 0 Å². The molecule has 1 aromatic rings. The van der Waals surface area contributed by atoms with Crippen LogP contribution in [-0.4, -0.2) is 26.2 Å². The summed E-state index contributed by atoms with van der Waals surface area (Å²) in [6.07, 6.45) is -2.66. The quantitative estimate of drug-likeness (QED) is 0.854. The van der Waals surface area contributed by atoms with E-state index in [1.54, 1.807) is 7.05 Å². The Labute approximate surface area is 109 Å². The van der Waals surface area contributed by atoms with E-state index in [9.17, 15) is 17.6 Å². The highest BCUT2D eigenvalue weighted by Gasteiger charge is 2.32. The van der Waals surface area contributed by atoms with Crippen LogP contribution in [0.1, 0.15) is 18.4 Å². The molecule has 0 radical (unpaired) electrons. The Morgan fingerprint density at radius 3 is 2.68 bits per heavy atom. The van der Waals surface area contributed by atoms with E-state index in [0.29, 0.717) is 19.2 Å². The number of benzene rings is 1. The SMILES string of the molecule is CNCC1CCCN1c1ccc(C(F)(F)F)cc1F. The Morgan fingerprint density at radius 2 is 2.11 bits per heavy atom. The molecular weight excluding hydrogens is 260 g/mol. The van der Waals surface area contributed by atoms with Crippen molar-refractivity contribution in [2.24, 2.45) is 0 Å². The van der Waals surface area contributed by atoms with E-state index >= 15 is 0 Å². The number of likely N-dealkylation sites (N-methyl/N-ethyl adjacent to an activating group) is 1. The van der Waals surface area contributed by atoms with Crippen LogP contribution in [0.5, 0.6) is 0 Å². The van der Waals surface area contributed by atoms with E-state index in [1.807, 2.05) is 4.90 Å². The van der Waals surface area contributed by atoms with E-state index in [2.05, 4.69) is 5.32 Å². The molecule has 0 aromatic heterocycles. The fraction of sp³-hybridized carbons (Fsp3) is 0.538. The van der Waals surface area contributed by atoms with Crippen molar-refractivity contribution in [2.45, 2.75) is 25.1 Å². The Balaban J connectivity index is 2.26. The smallest absolute Gasteiger partial charge is 0.365 e. The fourth-order valence-electron chi connectivity index (χ4n) is 2.52. The van der Waals surface area contributed by atoms with Crippen molar-refractivity contribution in [3.05, 3.63) is 29.6 Å². The molecule has 2 nitrogen and oxygen atoms in total. The molecule has 1 aliphatic heterocycles. The first kappa shape index (κ1) is 14.1. The summed E-state index contributed by atoms with van der Waals surface area (Å²) in [5.41, 5.74) is -0.691. The highest BCUT2D eigenvalue weighted by molar-refractivity contribution is 5.51. The molecule has 6 heteroatoms. The summed E-state index contributed by atoms with van der Waals surface area (Å²) in [7, 11) is 1.81. The van der Waals surface area contributed by atoms with Gasteiger partial charge in [0.05, 0.1) is 11.3 Å². The first-order valence-corrected chi connectivity index (χ1v) is 6.21. The lowest BCUT2D eigenvalue weighted by atomic mass is 10.1. The van der Waals surface area contributed by atoms with Gasteiger partial charge in [-0.25, -0.2) is 4.39 Å². The van der Waals surface area contributed by atoms with Gasteiger partial charge in [0, 0.05) is 19.1 Å². The van der Waals surface area contributed by atoms with Crippen LogP contribution < -0.4 is 10.2 Å². The summed E-state index contributed by atoms with van der Waals surface area (Å²) in [5.74, 6) is -0.808. The number of nitrogens with one attached hydrogen (secondary N) is 1. The number of halogens is 4. The van der Waals surface area contributed by atoms with Gasteiger partial charge in [-0.15, -0.1) is 0 Å². The van der Waals surface area contributed by atoms with Gasteiger partial charge >= 0.3 is 6.18 Å². The topological polar surface area (TPSA) is 15.3 Å². The molecule has 1 unspecified atom stereocenters. The first-order valence-electron chi connectivity index (χ1n) is 6.21. The molecule has 0 bridgehead atoms. The van der Waals surface area contributed by atoms with E-state index in [-0.39, 0.29) is 11.7 Å². The van der Waals surface area contributed by atoms with Gasteiger partial charge in [0.25, 0.3) is 0 Å². The van der Waals surface area contributed by atoms with Crippen LogP contribution in [0, 0.1) is 5.82 Å². The Bertz CT molecular complexity index is 445. The summed E-state index contributed by atoms with van der Waals surface area (Å²) in [6.45, 7) is 1.37. The zero-order chi connectivity index (χ0) is 14.0. The molecule has 106 valence electrons. The van der Waals surface area contributed by atoms with Crippen LogP contribution in [0.15, 0.2) is 18.2 Å². The van der Waals surface area contributed by atoms with Crippen molar-refractivity contribution in [2.75, 3.05) is 25.0 Å². The molecule has 0 amide bonds. The van der Waals surface area contributed by atoms with Crippen LogP contribution in [0.4, 0.5) is 23.2 Å². The predicted molar refractivity (Wildman–Crippen MR) is 65.7 cm³/mol. The maximum atomic E-state index is 13.9. The lowest BCUT2D eigenvalue weighted by Crippen LogP contribution is -2.37. The summed E-state index contributed by atoms with van der Waals surface area (Å²) >= 11 is 0. The third-order valence-electron chi connectivity index (χ3n) is 3.40. The van der Waals surface area contributed by atoms with Gasteiger partial charge in [0.15, 0.2) is 0 Å². The Kier molecular flexibility index (Phi) is 3.99. The molecule has 0 saturated carbocycles. The lowest BCUT2D eigenvalue weighted by molar-refractivity contribution is -0.137. The Hall–Kier alpha value is -1.30. The number of alkyl halides is 3. The summed E-state index contributed by atoms with van der Waals surface area (Å²) in [4.78, 5) is 1.84. The van der Waals surface area contributed by atoms with Gasteiger partial charge in [-0.3, -0.25) is 0 Å². The molecule has 1 aromatic carbocycles. The molecule has 19 heavy (non-hydrogen) atoms. The molecule has 1 saturated heterocycles. The van der Waals surface area contributed by atoms with Crippen molar-refractivity contribution in [1.29, 1.82) is 0 Å². The Morgan fingerprint density at radius 1 is 1.37 bits per heavy atom. The van der Waals surface area contributed by atoms with Crippen LogP contribution in [-0.2, 0) is 6.18 Å². The summed E-state index contributed by atoms with van der Waals surface area (Å²) in [6, 6.07) is 2.87. The standard InChI is InChI=1S/C13H16F4N2/c1-18-8-10-3-2-6-19(10)12-5-4-9(7-11(12)14)13(15,16)17/h4-5,7,10,18H,2-3,6,8H2,1H3. The number of anilines is 1. The fourth-order valence-corrected chi connectivity index (χ4v) is 2.52. The second kappa shape index (κ2) is 5.36. The average molecular weight is 276 g/mol. The second-order valence-corrected chi connectivity index (χ2v) is 4.71. The van der Waals surface area contributed by atoms with Gasteiger partial charge in [-0.2, -0.15) is 13.2 Å². The van der Waals surface area contributed by atoms with Gasteiger partial charge in [0.1, 0.15) is 5.82 Å². The zero-order valence-electron chi connectivity index (χ0n) is 10.6. The molecule has 2 rings (SSSR count). The minimum atomic E-state index is -4.51. The minimum absolute atomic E-state index is 0.135. The van der Waals surface area contributed by atoms with Crippen LogP contribution in [0.25, 0.3) is 0 Å². The second-order valence-electron chi connectivity index (χ2n) is 4.71. The maximum absolute atomic E-state index is 13.9. The van der Waals surface area contributed by atoms with Gasteiger partial charge < -0.3 is 10.2 Å². The largest absolute Gasteiger partial charge is 0.416 e. The lowest BCUT2D eigenvalue weighted by Gasteiger charge is -2.27. The van der Waals surface area contributed by atoms with E-state index in [1.165, 1.54) is 6.07 Å². The normalized spacial score (nSPS) is 20.1. The summed E-state index contributed by atoms with van der Waals surface area (Å²) < 4.78 is 51.3. The van der Waals surface area contributed by atoms with Gasteiger partial charge in [-0.1, -0.05) is 0 Å². The molecule has 1 heterocycles. The molecule has 1 aliphatic rings.